The highest BCUT2D eigenvalue weighted by Crippen LogP contribution is 2.51. The fourth-order valence-corrected chi connectivity index (χ4v) is 2.52. The number of phosphoric ester groups is 1. The molecule has 0 rings (SSSR count). The molecule has 4 nitrogen and oxygen atoms in total. The highest BCUT2D eigenvalue weighted by atomic mass is 35.5. The Balaban J connectivity index is 4.19. The molecule has 0 saturated carbocycles. The highest BCUT2D eigenvalue weighted by Gasteiger charge is 2.29. The molecule has 1 atom stereocenters. The van der Waals surface area contributed by atoms with Crippen molar-refractivity contribution in [2.24, 2.45) is 0 Å². The number of rotatable bonds is 9. The Morgan fingerprint density at radius 3 is 2.00 bits per heavy atom. The molecule has 0 aliphatic rings. The van der Waals surface area contributed by atoms with Crippen molar-refractivity contribution >= 4 is 42.6 Å². The molecule has 0 spiro atoms. The second kappa shape index (κ2) is 9.06. The third-order valence-corrected chi connectivity index (χ3v) is 3.56. The predicted molar refractivity (Wildman–Crippen MR) is 62.0 cm³/mol. The van der Waals surface area contributed by atoms with E-state index in [9.17, 15) is 4.57 Å². The highest BCUT2D eigenvalue weighted by molar-refractivity contribution is 7.48. The molecule has 0 aliphatic heterocycles. The van der Waals surface area contributed by atoms with Gasteiger partial charge >= 0.3 is 7.82 Å². The van der Waals surface area contributed by atoms with Crippen LogP contribution in [0.15, 0.2) is 0 Å². The molecule has 0 bridgehead atoms. The van der Waals surface area contributed by atoms with Crippen LogP contribution in [0.3, 0.4) is 0 Å². The Labute approximate surface area is 105 Å². The zero-order valence-electron chi connectivity index (χ0n) is 8.33. The minimum Gasteiger partial charge on any atom is -0.286 e. The van der Waals surface area contributed by atoms with Gasteiger partial charge in [-0.05, 0) is 6.42 Å². The molecular weight excluding hydrogens is 285 g/mol. The molecule has 0 heterocycles. The van der Waals surface area contributed by atoms with Crippen LogP contribution in [0.2, 0.25) is 0 Å². The van der Waals surface area contributed by atoms with Crippen molar-refractivity contribution in [2.45, 2.75) is 18.9 Å². The summed E-state index contributed by atoms with van der Waals surface area (Å²) in [4.78, 5) is 0. The first-order chi connectivity index (χ1) is 7.08. The first-order valence-corrected chi connectivity index (χ1v) is 7.38. The van der Waals surface area contributed by atoms with Crippen LogP contribution in [0.4, 0.5) is 0 Å². The van der Waals surface area contributed by atoms with Crippen molar-refractivity contribution in [1.82, 2.24) is 0 Å². The number of alkyl halides is 3. The molecule has 0 saturated heterocycles. The smallest absolute Gasteiger partial charge is 0.286 e. The summed E-state index contributed by atoms with van der Waals surface area (Å²) < 4.78 is 26.6. The lowest BCUT2D eigenvalue weighted by Gasteiger charge is -2.19. The van der Waals surface area contributed by atoms with E-state index < -0.39 is 13.4 Å². The average Bonchev–Trinajstić information content (AvgIpc) is 2.23. The predicted octanol–water partition coefficient (Wildman–Crippen LogP) is 3.60. The summed E-state index contributed by atoms with van der Waals surface area (Å²) in [6.45, 7) is 1.91. The summed E-state index contributed by atoms with van der Waals surface area (Å²) in [6.07, 6.45) is 0.486. The summed E-state index contributed by atoms with van der Waals surface area (Å²) in [5, 5.41) is 0. The van der Waals surface area contributed by atoms with Gasteiger partial charge in [-0.1, -0.05) is 18.5 Å². The second-order valence-electron chi connectivity index (χ2n) is 2.42. The maximum Gasteiger partial charge on any atom is 0.476 e. The van der Waals surface area contributed by atoms with Gasteiger partial charge in [0.25, 0.3) is 0 Å². The van der Waals surface area contributed by atoms with Crippen molar-refractivity contribution in [3.63, 3.8) is 0 Å². The summed E-state index contributed by atoms with van der Waals surface area (Å²) in [5.41, 5.74) is -0.721. The lowest BCUT2D eigenvalue weighted by atomic mass is 10.5. The third-order valence-electron chi connectivity index (χ3n) is 1.22. The Hall–Kier alpha value is 0.980. The zero-order chi connectivity index (χ0) is 11.7. The SMILES string of the molecule is CCC(Cl)OP(=O)(OCCCl)OCCCl. The van der Waals surface area contributed by atoms with E-state index in [0.717, 1.165) is 0 Å². The molecule has 0 aromatic heterocycles. The van der Waals surface area contributed by atoms with Crippen LogP contribution in [0.5, 0.6) is 0 Å². The Morgan fingerprint density at radius 1 is 1.20 bits per heavy atom. The fraction of sp³-hybridized carbons (Fsp3) is 1.00. The number of hydrogen-bond donors (Lipinski definition) is 0. The topological polar surface area (TPSA) is 44.8 Å². The van der Waals surface area contributed by atoms with Gasteiger partial charge in [0.2, 0.25) is 0 Å². The molecule has 0 fully saturated rings. The maximum atomic E-state index is 11.8. The number of halogens is 3. The van der Waals surface area contributed by atoms with Gasteiger partial charge < -0.3 is 0 Å². The lowest BCUT2D eigenvalue weighted by Crippen LogP contribution is -2.08. The van der Waals surface area contributed by atoms with Gasteiger partial charge in [-0.25, -0.2) is 4.57 Å². The normalized spacial score (nSPS) is 14.1. The van der Waals surface area contributed by atoms with Crippen molar-refractivity contribution in [3.05, 3.63) is 0 Å². The number of hydrogen-bond acceptors (Lipinski definition) is 4. The van der Waals surface area contributed by atoms with Crippen molar-refractivity contribution in [2.75, 3.05) is 25.0 Å². The van der Waals surface area contributed by atoms with E-state index in [-0.39, 0.29) is 25.0 Å². The van der Waals surface area contributed by atoms with Crippen LogP contribution < -0.4 is 0 Å². The summed E-state index contributed by atoms with van der Waals surface area (Å²) >= 11 is 16.5. The van der Waals surface area contributed by atoms with Crippen LogP contribution in [-0.4, -0.2) is 30.5 Å². The minimum atomic E-state index is -3.63. The first kappa shape index (κ1) is 16.0. The van der Waals surface area contributed by atoms with E-state index in [4.69, 9.17) is 48.4 Å². The van der Waals surface area contributed by atoms with Gasteiger partial charge in [-0.15, -0.1) is 23.2 Å². The van der Waals surface area contributed by atoms with Gasteiger partial charge in [0.1, 0.15) is 5.56 Å². The molecule has 0 aromatic rings. The van der Waals surface area contributed by atoms with Crippen molar-refractivity contribution in [1.29, 1.82) is 0 Å². The molecule has 0 amide bonds. The Bertz CT molecular complexity index is 193. The maximum absolute atomic E-state index is 11.8. The van der Waals surface area contributed by atoms with Crippen LogP contribution in [-0.2, 0) is 18.1 Å². The summed E-state index contributed by atoms with van der Waals surface area (Å²) in [5.74, 6) is 0.382. The van der Waals surface area contributed by atoms with E-state index in [0.29, 0.717) is 6.42 Å². The molecule has 0 aromatic carbocycles. The Kier molecular flexibility index (Phi) is 9.65. The molecule has 8 heteroatoms. The van der Waals surface area contributed by atoms with Gasteiger partial charge in [0, 0.05) is 11.8 Å². The number of phosphoric acid groups is 1. The van der Waals surface area contributed by atoms with Crippen LogP contribution >= 0.6 is 42.6 Å². The standard InChI is InChI=1S/C7H14Cl3O4P/c1-2-7(10)14-15(11,12-5-3-8)13-6-4-9/h7H,2-6H2,1H3. The molecular formula is C7H14Cl3O4P. The van der Waals surface area contributed by atoms with E-state index in [1.54, 1.807) is 6.92 Å². The fourth-order valence-electron chi connectivity index (χ4n) is 0.605. The quantitative estimate of drug-likeness (QED) is 0.482. The largest absolute Gasteiger partial charge is 0.476 e. The molecule has 0 aliphatic carbocycles. The summed E-state index contributed by atoms with van der Waals surface area (Å²) in [7, 11) is -3.63. The van der Waals surface area contributed by atoms with E-state index >= 15 is 0 Å². The van der Waals surface area contributed by atoms with E-state index in [1.807, 2.05) is 0 Å². The second-order valence-corrected chi connectivity index (χ2v) is 5.28. The first-order valence-electron chi connectivity index (χ1n) is 4.41. The van der Waals surface area contributed by atoms with Gasteiger partial charge in [0.15, 0.2) is 0 Å². The lowest BCUT2D eigenvalue weighted by molar-refractivity contribution is 0.111. The minimum absolute atomic E-state index is 0.0639. The van der Waals surface area contributed by atoms with Crippen LogP contribution in [0.1, 0.15) is 13.3 Å². The Morgan fingerprint density at radius 2 is 1.67 bits per heavy atom. The molecule has 0 N–H and O–H groups in total. The van der Waals surface area contributed by atoms with Crippen molar-refractivity contribution < 1.29 is 18.1 Å². The van der Waals surface area contributed by atoms with Crippen LogP contribution in [0.25, 0.3) is 0 Å². The third kappa shape index (κ3) is 7.81. The monoisotopic (exact) mass is 298 g/mol. The van der Waals surface area contributed by atoms with E-state index in [2.05, 4.69) is 0 Å². The van der Waals surface area contributed by atoms with Crippen molar-refractivity contribution in [3.8, 4) is 0 Å². The molecule has 1 unspecified atom stereocenters. The molecule has 0 radical (unpaired) electrons. The van der Waals surface area contributed by atoms with Gasteiger partial charge in [0.05, 0.1) is 13.2 Å². The molecule has 15 heavy (non-hydrogen) atoms. The van der Waals surface area contributed by atoms with Crippen LogP contribution in [0, 0.1) is 0 Å². The van der Waals surface area contributed by atoms with E-state index in [1.165, 1.54) is 0 Å². The molecule has 92 valence electrons. The zero-order valence-corrected chi connectivity index (χ0v) is 11.5. The summed E-state index contributed by atoms with van der Waals surface area (Å²) in [6, 6.07) is 0. The average molecular weight is 300 g/mol. The van der Waals surface area contributed by atoms with Gasteiger partial charge in [-0.3, -0.25) is 13.6 Å². The van der Waals surface area contributed by atoms with Gasteiger partial charge in [-0.2, -0.15) is 0 Å².